The highest BCUT2D eigenvalue weighted by Gasteiger charge is 2.19. The number of hydrogen-bond acceptors (Lipinski definition) is 6. The van der Waals surface area contributed by atoms with Crippen molar-refractivity contribution in [2.75, 3.05) is 13.2 Å². The molecule has 0 aromatic heterocycles. The van der Waals surface area contributed by atoms with Crippen molar-refractivity contribution in [1.82, 2.24) is 0 Å². The maximum absolute atomic E-state index is 13.0. The maximum atomic E-state index is 13.0. The van der Waals surface area contributed by atoms with Gasteiger partial charge < -0.3 is 14.2 Å². The Kier molecular flexibility index (Phi) is 65.5. The summed E-state index contributed by atoms with van der Waals surface area (Å²) in [5.74, 6) is -0.817. The normalized spacial score (nSPS) is 11.9. The zero-order valence-electron chi connectivity index (χ0n) is 52.8. The number of carbonyl (C=O) groups is 3. The summed E-state index contributed by atoms with van der Waals surface area (Å²) in [5, 5.41) is 0. The first kappa shape index (κ1) is 75.4. The van der Waals surface area contributed by atoms with Crippen LogP contribution in [0.5, 0.6) is 0 Å². The van der Waals surface area contributed by atoms with Crippen molar-refractivity contribution >= 4 is 17.9 Å². The van der Waals surface area contributed by atoms with E-state index in [0.29, 0.717) is 19.3 Å². The molecule has 0 N–H and O–H groups in total. The lowest BCUT2D eigenvalue weighted by molar-refractivity contribution is -0.167. The SMILES string of the molecule is CCCCCCCCCCCCCCCCCCCCCCCC(=O)OCC(COC(=O)CCCCCCCCCCCCCCCCCCCC)OC(=O)CCCCCCCCCCCCCCCCCCCCCC. The first-order valence-corrected chi connectivity index (χ1v) is 35.5. The summed E-state index contributed by atoms with van der Waals surface area (Å²) >= 11 is 0. The fourth-order valence-electron chi connectivity index (χ4n) is 11.3. The second-order valence-electron chi connectivity index (χ2n) is 24.5. The molecule has 1 atom stereocenters. The molecule has 0 heterocycles. The van der Waals surface area contributed by atoms with Crippen molar-refractivity contribution in [3.63, 3.8) is 0 Å². The van der Waals surface area contributed by atoms with E-state index in [1.807, 2.05) is 0 Å². The maximum Gasteiger partial charge on any atom is 0.306 e. The summed E-state index contributed by atoms with van der Waals surface area (Å²) in [6.45, 7) is 6.75. The largest absolute Gasteiger partial charge is 0.462 e. The van der Waals surface area contributed by atoms with Gasteiger partial charge in [0.1, 0.15) is 13.2 Å². The minimum absolute atomic E-state index is 0.0600. The van der Waals surface area contributed by atoms with Crippen LogP contribution >= 0.6 is 0 Å². The number of unbranched alkanes of at least 4 members (excludes halogenated alkanes) is 56. The number of ether oxygens (including phenoxy) is 3. The number of rotatable bonds is 67. The predicted molar refractivity (Wildman–Crippen MR) is 335 cm³/mol. The van der Waals surface area contributed by atoms with Gasteiger partial charge in [0.2, 0.25) is 0 Å². The van der Waals surface area contributed by atoms with E-state index in [4.69, 9.17) is 14.2 Å². The van der Waals surface area contributed by atoms with Crippen LogP contribution in [0.1, 0.15) is 419 Å². The second-order valence-corrected chi connectivity index (χ2v) is 24.5. The van der Waals surface area contributed by atoms with Gasteiger partial charge >= 0.3 is 17.9 Å². The zero-order valence-corrected chi connectivity index (χ0v) is 52.8. The van der Waals surface area contributed by atoms with Gasteiger partial charge in [-0.05, 0) is 19.3 Å². The van der Waals surface area contributed by atoms with Crippen molar-refractivity contribution in [2.45, 2.75) is 425 Å². The quantitative estimate of drug-likeness (QED) is 0.0343. The smallest absolute Gasteiger partial charge is 0.306 e. The van der Waals surface area contributed by atoms with E-state index in [1.54, 1.807) is 0 Å². The van der Waals surface area contributed by atoms with Crippen LogP contribution in [0.25, 0.3) is 0 Å². The van der Waals surface area contributed by atoms with Crippen LogP contribution in [0.3, 0.4) is 0 Å². The number of esters is 3. The van der Waals surface area contributed by atoms with E-state index in [0.717, 1.165) is 57.8 Å². The number of carbonyl (C=O) groups excluding carboxylic acids is 3. The van der Waals surface area contributed by atoms with Crippen molar-refractivity contribution in [3.05, 3.63) is 0 Å². The highest BCUT2D eigenvalue weighted by molar-refractivity contribution is 5.71. The second kappa shape index (κ2) is 66.9. The third kappa shape index (κ3) is 65.1. The minimum Gasteiger partial charge on any atom is -0.462 e. The summed E-state index contributed by atoms with van der Waals surface area (Å²) < 4.78 is 17.0. The van der Waals surface area contributed by atoms with Crippen molar-refractivity contribution in [2.24, 2.45) is 0 Å². The summed E-state index contributed by atoms with van der Waals surface area (Å²) in [4.78, 5) is 38.5. The van der Waals surface area contributed by atoms with E-state index in [9.17, 15) is 14.4 Å². The molecule has 0 aliphatic carbocycles. The molecule has 0 aromatic carbocycles. The molecule has 0 radical (unpaired) electrons. The molecule has 0 bridgehead atoms. The van der Waals surface area contributed by atoms with Crippen LogP contribution in [-0.4, -0.2) is 37.2 Å². The van der Waals surface area contributed by atoms with Crippen molar-refractivity contribution < 1.29 is 28.6 Å². The summed E-state index contributed by atoms with van der Waals surface area (Å²) in [7, 11) is 0. The van der Waals surface area contributed by atoms with E-state index in [-0.39, 0.29) is 31.1 Å². The molecule has 1 unspecified atom stereocenters. The predicted octanol–water partition coefficient (Wildman–Crippen LogP) is 24.2. The first-order chi connectivity index (χ1) is 38.0. The van der Waals surface area contributed by atoms with Gasteiger partial charge in [-0.15, -0.1) is 0 Å². The van der Waals surface area contributed by atoms with Gasteiger partial charge in [0.05, 0.1) is 0 Å². The summed E-state index contributed by atoms with van der Waals surface area (Å²) in [5.41, 5.74) is 0. The van der Waals surface area contributed by atoms with Gasteiger partial charge in [0.15, 0.2) is 6.10 Å². The molecule has 6 heteroatoms. The van der Waals surface area contributed by atoms with Crippen molar-refractivity contribution in [3.8, 4) is 0 Å². The summed E-state index contributed by atoms with van der Waals surface area (Å²) in [6, 6.07) is 0. The van der Waals surface area contributed by atoms with Crippen LogP contribution in [0.4, 0.5) is 0 Å². The Labute approximate surface area is 482 Å². The zero-order chi connectivity index (χ0) is 55.7. The van der Waals surface area contributed by atoms with Crippen LogP contribution in [-0.2, 0) is 28.6 Å². The van der Waals surface area contributed by atoms with E-state index >= 15 is 0 Å². The molecular weight excluding hydrogens is 949 g/mol. The molecule has 0 rings (SSSR count). The topological polar surface area (TPSA) is 78.9 Å². The van der Waals surface area contributed by atoms with Gasteiger partial charge in [0, 0.05) is 19.3 Å². The molecule has 0 amide bonds. The molecule has 77 heavy (non-hydrogen) atoms. The van der Waals surface area contributed by atoms with Gasteiger partial charge in [-0.3, -0.25) is 14.4 Å². The van der Waals surface area contributed by atoms with Crippen LogP contribution in [0.2, 0.25) is 0 Å². The highest BCUT2D eigenvalue weighted by Crippen LogP contribution is 2.19. The molecule has 458 valence electrons. The molecule has 0 aliphatic rings. The molecular formula is C71H138O6. The Morgan fingerprint density at radius 1 is 0.208 bits per heavy atom. The van der Waals surface area contributed by atoms with Gasteiger partial charge in [0.25, 0.3) is 0 Å². The monoisotopic (exact) mass is 1090 g/mol. The average Bonchev–Trinajstić information content (AvgIpc) is 3.43. The Morgan fingerprint density at radius 3 is 0.519 bits per heavy atom. The van der Waals surface area contributed by atoms with Crippen molar-refractivity contribution in [1.29, 1.82) is 0 Å². The highest BCUT2D eigenvalue weighted by atomic mass is 16.6. The lowest BCUT2D eigenvalue weighted by Crippen LogP contribution is -2.30. The molecule has 0 aromatic rings. The Hall–Kier alpha value is -1.59. The van der Waals surface area contributed by atoms with Gasteiger partial charge in [-0.2, -0.15) is 0 Å². The average molecular weight is 1090 g/mol. The van der Waals surface area contributed by atoms with Gasteiger partial charge in [-0.25, -0.2) is 0 Å². The fraction of sp³-hybridized carbons (Fsp3) is 0.958. The van der Waals surface area contributed by atoms with Crippen LogP contribution in [0.15, 0.2) is 0 Å². The van der Waals surface area contributed by atoms with E-state index < -0.39 is 6.10 Å². The first-order valence-electron chi connectivity index (χ1n) is 35.5. The molecule has 0 saturated heterocycles. The Morgan fingerprint density at radius 2 is 0.351 bits per heavy atom. The third-order valence-electron chi connectivity index (χ3n) is 16.6. The lowest BCUT2D eigenvalue weighted by Gasteiger charge is -2.18. The standard InChI is InChI=1S/C71H138O6/c1-4-7-10-13-16-19-22-25-28-31-34-36-38-40-43-46-49-52-55-58-61-64-70(73)76-67-68(66-75-69(72)63-60-57-54-51-48-45-42-39-33-30-27-24-21-18-15-12-9-6-3)77-71(74)65-62-59-56-53-50-47-44-41-37-35-32-29-26-23-20-17-14-11-8-5-2/h68H,4-67H2,1-3H3. The van der Waals surface area contributed by atoms with Crippen LogP contribution < -0.4 is 0 Å². The molecule has 0 spiro atoms. The van der Waals surface area contributed by atoms with Gasteiger partial charge in [-0.1, -0.05) is 380 Å². The van der Waals surface area contributed by atoms with E-state index in [1.165, 1.54) is 321 Å². The Balaban J connectivity index is 4.26. The molecule has 0 saturated carbocycles. The Bertz CT molecular complexity index is 1160. The molecule has 0 fully saturated rings. The third-order valence-corrected chi connectivity index (χ3v) is 16.6. The lowest BCUT2D eigenvalue weighted by atomic mass is 10.0. The molecule has 6 nitrogen and oxygen atoms in total. The van der Waals surface area contributed by atoms with Crippen LogP contribution in [0, 0.1) is 0 Å². The van der Waals surface area contributed by atoms with E-state index in [2.05, 4.69) is 20.8 Å². The number of hydrogen-bond donors (Lipinski definition) is 0. The minimum atomic E-state index is -0.763. The summed E-state index contributed by atoms with van der Waals surface area (Å²) in [6.07, 6.45) is 78.4. The fourth-order valence-corrected chi connectivity index (χ4v) is 11.3. The molecule has 0 aliphatic heterocycles.